The summed E-state index contributed by atoms with van der Waals surface area (Å²) in [5, 5.41) is 7.95. The average Bonchev–Trinajstić information content (AvgIpc) is 3.04. The molecule has 0 aliphatic heterocycles. The van der Waals surface area contributed by atoms with Crippen LogP contribution in [0.3, 0.4) is 0 Å². The van der Waals surface area contributed by atoms with Crippen LogP contribution in [0, 0.1) is 0 Å². The van der Waals surface area contributed by atoms with Crippen molar-refractivity contribution in [3.05, 3.63) is 0 Å². The molecule has 1 N–H and O–H groups in total. The Morgan fingerprint density at radius 1 is 0.203 bits per heavy atom. The van der Waals surface area contributed by atoms with Gasteiger partial charge in [0.05, 0.1) is 0 Å². The lowest BCUT2D eigenvalue weighted by Gasteiger charge is -2.50. The molecule has 0 spiro atoms. The summed E-state index contributed by atoms with van der Waals surface area (Å²) < 4.78 is 558. The van der Waals surface area contributed by atoms with Gasteiger partial charge >= 0.3 is 125 Å². The van der Waals surface area contributed by atoms with Crippen molar-refractivity contribution in [2.24, 2.45) is 0 Å². The van der Waals surface area contributed by atoms with Crippen LogP contribution in [-0.4, -0.2) is 130 Å². The number of carboxylic acids is 1. The van der Waals surface area contributed by atoms with Crippen LogP contribution in [0.4, 0.5) is 180 Å². The van der Waals surface area contributed by atoms with E-state index in [2.05, 4.69) is 0 Å². The van der Waals surface area contributed by atoms with E-state index in [9.17, 15) is 180 Å². The average molecular weight is 1060 g/mol. The molecule has 0 rings (SSSR count). The molecule has 2 nitrogen and oxygen atoms in total. The highest BCUT2D eigenvalue weighted by Crippen LogP contribution is 2.72. The van der Waals surface area contributed by atoms with Gasteiger partial charge in [-0.15, -0.1) is 0 Å². The summed E-state index contributed by atoms with van der Waals surface area (Å²) in [6.07, 6.45) is -17.2. The summed E-state index contributed by atoms with van der Waals surface area (Å²) in [4.78, 5) is 10.5. The first kappa shape index (κ1) is 60.6. The van der Waals surface area contributed by atoms with E-state index < -0.39 is 125 Å². The zero-order valence-electron chi connectivity index (χ0n) is 26.9. The Hall–Kier alpha value is -3.40. The third-order valence-corrected chi connectivity index (χ3v) is 7.80. The van der Waals surface area contributed by atoms with Crippen molar-refractivity contribution in [1.29, 1.82) is 0 Å². The summed E-state index contributed by atoms with van der Waals surface area (Å²) in [5.41, 5.74) is -11.1. The molecule has 0 atom stereocenters. The van der Waals surface area contributed by atoms with Crippen LogP contribution >= 0.6 is 0 Å². The molecule has 0 unspecified atom stereocenters. The quantitative estimate of drug-likeness (QED) is 0.139. The monoisotopic (exact) mass is 1060 g/mol. The first-order chi connectivity index (χ1) is 26.7. The number of carboxylic acid groups (broad SMARTS) is 1. The Balaban J connectivity index is 8.69. The van der Waals surface area contributed by atoms with E-state index in [1.807, 2.05) is 0 Å². The molecule has 0 saturated heterocycles. The highest BCUT2D eigenvalue weighted by atomic mass is 19.5. The van der Waals surface area contributed by atoms with Crippen molar-refractivity contribution in [2.45, 2.75) is 119 Å². The van der Waals surface area contributed by atoms with Gasteiger partial charge in [0.2, 0.25) is 0 Å². The van der Waals surface area contributed by atoms with Gasteiger partial charge in [-0.2, -0.15) is 176 Å². The first-order valence-electron chi connectivity index (χ1n) is 13.2. The second-order valence-electron chi connectivity index (χ2n) is 11.7. The van der Waals surface area contributed by atoms with Gasteiger partial charge in [0.1, 0.15) is 0 Å². The molecule has 0 aliphatic carbocycles. The van der Waals surface area contributed by atoms with Gasteiger partial charge in [-0.3, -0.25) is 0 Å². The third-order valence-electron chi connectivity index (χ3n) is 7.80. The number of halogens is 41. The van der Waals surface area contributed by atoms with Crippen LogP contribution in [-0.2, 0) is 4.79 Å². The number of alkyl halides is 41. The molecular formula is C21HF41O2. The van der Waals surface area contributed by atoms with Gasteiger partial charge in [-0.25, -0.2) is 9.18 Å². The molecule has 0 bridgehead atoms. The number of hydrogen-bond donors (Lipinski definition) is 1. The Morgan fingerprint density at radius 2 is 0.312 bits per heavy atom. The third kappa shape index (κ3) is 6.45. The van der Waals surface area contributed by atoms with E-state index in [0.29, 0.717) is 0 Å². The zero-order valence-corrected chi connectivity index (χ0v) is 26.9. The first-order valence-corrected chi connectivity index (χ1v) is 13.2. The van der Waals surface area contributed by atoms with Gasteiger partial charge in [0, 0.05) is 0 Å². The highest BCUT2D eigenvalue weighted by Gasteiger charge is 3.05. The molecule has 0 amide bonds. The second kappa shape index (κ2) is 14.3. The summed E-state index contributed by atoms with van der Waals surface area (Å²) >= 11 is 0. The molecule has 64 heavy (non-hydrogen) atoms. The second-order valence-corrected chi connectivity index (χ2v) is 11.7. The van der Waals surface area contributed by atoms with Crippen molar-refractivity contribution in [3.63, 3.8) is 0 Å². The molecule has 0 saturated carbocycles. The molecule has 43 heteroatoms. The normalized spacial score (nSPS) is 17.3. The number of rotatable bonds is 18. The van der Waals surface area contributed by atoms with Crippen molar-refractivity contribution in [2.75, 3.05) is 0 Å². The van der Waals surface area contributed by atoms with Crippen LogP contribution in [0.2, 0.25) is 0 Å². The van der Waals surface area contributed by atoms with Crippen LogP contribution < -0.4 is 0 Å². The fourth-order valence-corrected chi connectivity index (χ4v) is 3.89. The van der Waals surface area contributed by atoms with Gasteiger partial charge in [-0.1, -0.05) is 0 Å². The van der Waals surface area contributed by atoms with Crippen LogP contribution in [0.1, 0.15) is 0 Å². The molecule has 0 aromatic rings. The minimum Gasteiger partial charge on any atom is -0.477 e. The molecule has 0 fully saturated rings. The predicted molar refractivity (Wildman–Crippen MR) is 108 cm³/mol. The minimum absolute atomic E-state index is 6.04. The fourth-order valence-electron chi connectivity index (χ4n) is 3.89. The maximum atomic E-state index is 15.1. The van der Waals surface area contributed by atoms with Gasteiger partial charge in [0.15, 0.2) is 0 Å². The smallest absolute Gasteiger partial charge is 0.460 e. The largest absolute Gasteiger partial charge is 0.477 e. The summed E-state index contributed by atoms with van der Waals surface area (Å²) in [6.45, 7) is 0. The van der Waals surface area contributed by atoms with Crippen LogP contribution in [0.5, 0.6) is 0 Å². The van der Waals surface area contributed by atoms with E-state index in [1.165, 1.54) is 0 Å². The van der Waals surface area contributed by atoms with Crippen molar-refractivity contribution >= 4 is 5.97 Å². The summed E-state index contributed by atoms with van der Waals surface area (Å²) in [7, 11) is 0. The molecule has 384 valence electrons. The summed E-state index contributed by atoms with van der Waals surface area (Å²) in [5.74, 6) is -181. The van der Waals surface area contributed by atoms with Gasteiger partial charge in [-0.05, 0) is 0 Å². The topological polar surface area (TPSA) is 37.3 Å². The lowest BCUT2D eigenvalue weighted by Crippen LogP contribution is -2.84. The maximum Gasteiger partial charge on any atom is 0.460 e. The Bertz CT molecular complexity index is 1630. The van der Waals surface area contributed by atoms with E-state index in [1.54, 1.807) is 0 Å². The Morgan fingerprint density at radius 3 is 0.422 bits per heavy atom. The SMILES string of the molecule is O=C(O)C(F)(F)C(F)(C(F)(F)C(F)(F)C(F)(F)C(F)(F)C(F)(F)C(F)(F)C(F)(F)C(F)(F)C(F)(F)F)C(F)(F)C(F)(F)C(F)(F)C(F)(F)C(F)(F)C(F)(F)C(F)(F)C(F)(F)C(F)(F)F. The Kier molecular flexibility index (Phi) is 13.5. The van der Waals surface area contributed by atoms with Crippen molar-refractivity contribution in [3.8, 4) is 0 Å². The summed E-state index contributed by atoms with van der Waals surface area (Å²) in [6, 6.07) is 0. The standard InChI is InChI=1S/C21HF41O2/c22-2(23,1(63)64)3(24,4(25,26)6(29,30)8(33,34)10(37,38)12(41,42)14(45,46)16(49,50)18(53,54)20(57,58)59)5(27,28)7(31,32)9(35,36)11(39,40)13(43,44)15(47,48)17(51,52)19(55,56)21(60,61)62/h(H,63,64). The number of carbonyl (C=O) groups is 1. The van der Waals surface area contributed by atoms with Crippen molar-refractivity contribution in [1.82, 2.24) is 0 Å². The lowest BCUT2D eigenvalue weighted by atomic mass is 9.73. The lowest BCUT2D eigenvalue weighted by molar-refractivity contribution is -0.493. The zero-order chi connectivity index (χ0) is 53.6. The van der Waals surface area contributed by atoms with E-state index >= 15 is 4.39 Å². The molecule has 0 aromatic heterocycles. The molecule has 0 heterocycles. The number of aliphatic carboxylic acids is 1. The molecule has 0 aliphatic rings. The highest BCUT2D eigenvalue weighted by molar-refractivity contribution is 5.78. The molecular weight excluding hydrogens is 1060 g/mol. The molecule has 0 aromatic carbocycles. The van der Waals surface area contributed by atoms with Crippen LogP contribution in [0.25, 0.3) is 0 Å². The van der Waals surface area contributed by atoms with Crippen LogP contribution in [0.15, 0.2) is 0 Å². The Labute approximate surface area is 316 Å². The molecule has 0 radical (unpaired) electrons. The van der Waals surface area contributed by atoms with E-state index in [0.717, 1.165) is 0 Å². The van der Waals surface area contributed by atoms with E-state index in [-0.39, 0.29) is 0 Å². The maximum absolute atomic E-state index is 15.1. The minimum atomic E-state index is -11.1. The van der Waals surface area contributed by atoms with E-state index in [4.69, 9.17) is 5.11 Å². The predicted octanol–water partition coefficient (Wildman–Crippen LogP) is 12.7. The van der Waals surface area contributed by atoms with Gasteiger partial charge in [0.25, 0.3) is 0 Å². The van der Waals surface area contributed by atoms with Crippen molar-refractivity contribution < 1.29 is 190 Å². The fraction of sp³-hybridized carbons (Fsp3) is 0.952. The number of hydrogen-bond acceptors (Lipinski definition) is 1. The van der Waals surface area contributed by atoms with Gasteiger partial charge < -0.3 is 5.11 Å².